The molecule has 0 bridgehead atoms. The lowest BCUT2D eigenvalue weighted by atomic mass is 9.77. The zero-order chi connectivity index (χ0) is 12.6. The summed E-state index contributed by atoms with van der Waals surface area (Å²) < 4.78 is 0. The highest BCUT2D eigenvalue weighted by atomic mass is 14.6. The van der Waals surface area contributed by atoms with Crippen molar-refractivity contribution in [3.63, 3.8) is 0 Å². The quantitative estimate of drug-likeness (QED) is 0.844. The molecule has 0 radical (unpaired) electrons. The lowest BCUT2D eigenvalue weighted by molar-refractivity contribution is 0.457. The minimum Gasteiger partial charge on any atom is -0.330 e. The molecular formula is C17H21N. The third-order valence-corrected chi connectivity index (χ3v) is 4.56. The molecule has 0 atom stereocenters. The second kappa shape index (κ2) is 4.40. The molecule has 0 amide bonds. The Hall–Kier alpha value is -1.34. The van der Waals surface area contributed by atoms with Crippen molar-refractivity contribution in [3.05, 3.63) is 47.5 Å². The van der Waals surface area contributed by atoms with Crippen molar-refractivity contribution < 1.29 is 0 Å². The normalized spacial score (nSPS) is 18.3. The highest BCUT2D eigenvalue weighted by Crippen LogP contribution is 2.42. The van der Waals surface area contributed by atoms with Gasteiger partial charge in [-0.3, -0.25) is 0 Å². The first-order valence-electron chi connectivity index (χ1n) is 6.95. The highest BCUT2D eigenvalue weighted by molar-refractivity contribution is 5.87. The molecule has 1 aliphatic carbocycles. The van der Waals surface area contributed by atoms with E-state index in [1.165, 1.54) is 47.6 Å². The van der Waals surface area contributed by atoms with E-state index >= 15 is 0 Å². The molecule has 0 saturated heterocycles. The van der Waals surface area contributed by atoms with Crippen LogP contribution in [0.3, 0.4) is 0 Å². The molecule has 94 valence electrons. The minimum absolute atomic E-state index is 0.231. The van der Waals surface area contributed by atoms with Crippen molar-refractivity contribution in [2.45, 2.75) is 38.0 Å². The average molecular weight is 239 g/mol. The van der Waals surface area contributed by atoms with E-state index < -0.39 is 0 Å². The summed E-state index contributed by atoms with van der Waals surface area (Å²) in [7, 11) is 0. The maximum Gasteiger partial charge on any atom is 0.00817 e. The number of hydrogen-bond donors (Lipinski definition) is 1. The summed E-state index contributed by atoms with van der Waals surface area (Å²) in [4.78, 5) is 0. The third kappa shape index (κ3) is 1.74. The first kappa shape index (κ1) is 11.7. The van der Waals surface area contributed by atoms with Gasteiger partial charge in [-0.15, -0.1) is 0 Å². The smallest absolute Gasteiger partial charge is 0.00817 e. The van der Waals surface area contributed by atoms with Gasteiger partial charge in [0.15, 0.2) is 0 Å². The second-order valence-electron chi connectivity index (χ2n) is 5.72. The molecule has 0 aromatic heterocycles. The van der Waals surface area contributed by atoms with E-state index in [4.69, 9.17) is 5.73 Å². The van der Waals surface area contributed by atoms with E-state index in [1.54, 1.807) is 0 Å². The fourth-order valence-electron chi connectivity index (χ4n) is 3.50. The first-order chi connectivity index (χ1) is 8.75. The van der Waals surface area contributed by atoms with Gasteiger partial charge in [0.1, 0.15) is 0 Å². The van der Waals surface area contributed by atoms with Crippen LogP contribution in [0.4, 0.5) is 0 Å². The monoisotopic (exact) mass is 239 g/mol. The van der Waals surface area contributed by atoms with Gasteiger partial charge >= 0.3 is 0 Å². The van der Waals surface area contributed by atoms with Crippen molar-refractivity contribution in [1.82, 2.24) is 0 Å². The van der Waals surface area contributed by atoms with Gasteiger partial charge in [-0.05, 0) is 36.1 Å². The van der Waals surface area contributed by atoms with Gasteiger partial charge in [-0.25, -0.2) is 0 Å². The van der Waals surface area contributed by atoms with Crippen LogP contribution in [-0.2, 0) is 5.41 Å². The predicted molar refractivity (Wildman–Crippen MR) is 77.9 cm³/mol. The molecule has 3 rings (SSSR count). The zero-order valence-corrected chi connectivity index (χ0v) is 11.1. The highest BCUT2D eigenvalue weighted by Gasteiger charge is 2.35. The first-order valence-corrected chi connectivity index (χ1v) is 6.95. The molecule has 1 aliphatic rings. The van der Waals surface area contributed by atoms with Gasteiger partial charge < -0.3 is 5.73 Å². The fraction of sp³-hybridized carbons (Fsp3) is 0.412. The van der Waals surface area contributed by atoms with Gasteiger partial charge in [0.05, 0.1) is 0 Å². The van der Waals surface area contributed by atoms with Crippen LogP contribution in [-0.4, -0.2) is 6.54 Å². The van der Waals surface area contributed by atoms with Gasteiger partial charge in [0.25, 0.3) is 0 Å². The summed E-state index contributed by atoms with van der Waals surface area (Å²) in [5, 5.41) is 2.75. The lowest BCUT2D eigenvalue weighted by Gasteiger charge is -2.29. The van der Waals surface area contributed by atoms with Gasteiger partial charge in [0.2, 0.25) is 0 Å². The summed E-state index contributed by atoms with van der Waals surface area (Å²) in [5.74, 6) is 0. The van der Waals surface area contributed by atoms with Crippen LogP contribution in [0.15, 0.2) is 36.4 Å². The van der Waals surface area contributed by atoms with E-state index in [2.05, 4.69) is 43.3 Å². The van der Waals surface area contributed by atoms with E-state index in [9.17, 15) is 0 Å². The molecule has 1 fully saturated rings. The van der Waals surface area contributed by atoms with Crippen LogP contribution in [0, 0.1) is 6.92 Å². The Bertz CT molecular complexity index is 565. The van der Waals surface area contributed by atoms with Crippen LogP contribution in [0.25, 0.3) is 10.8 Å². The summed E-state index contributed by atoms with van der Waals surface area (Å²) >= 11 is 0. The van der Waals surface area contributed by atoms with Crippen molar-refractivity contribution in [2.75, 3.05) is 6.54 Å². The van der Waals surface area contributed by atoms with E-state index in [0.29, 0.717) is 0 Å². The number of hydrogen-bond acceptors (Lipinski definition) is 1. The molecule has 0 spiro atoms. The number of rotatable bonds is 2. The van der Waals surface area contributed by atoms with Gasteiger partial charge in [-0.1, -0.05) is 54.8 Å². The standard InChI is InChI=1S/C17H21N/c1-13-7-8-15-14(11-13)5-4-6-16(15)17(12-18)9-2-3-10-17/h4-8,11H,2-3,9-10,12,18H2,1H3. The van der Waals surface area contributed by atoms with Crippen molar-refractivity contribution in [2.24, 2.45) is 5.73 Å². The van der Waals surface area contributed by atoms with E-state index in [0.717, 1.165) is 6.54 Å². The fourth-order valence-corrected chi connectivity index (χ4v) is 3.50. The van der Waals surface area contributed by atoms with Crippen LogP contribution < -0.4 is 5.73 Å². The number of nitrogens with two attached hydrogens (primary N) is 1. The van der Waals surface area contributed by atoms with Crippen molar-refractivity contribution in [1.29, 1.82) is 0 Å². The Kier molecular flexibility index (Phi) is 2.87. The number of aryl methyl sites for hydroxylation is 1. The van der Waals surface area contributed by atoms with Crippen LogP contribution in [0.1, 0.15) is 36.8 Å². The predicted octanol–water partition coefficient (Wildman–Crippen LogP) is 3.92. The molecule has 2 N–H and O–H groups in total. The number of benzene rings is 2. The van der Waals surface area contributed by atoms with Gasteiger partial charge in [-0.2, -0.15) is 0 Å². The molecule has 1 nitrogen and oxygen atoms in total. The molecule has 0 unspecified atom stereocenters. The molecule has 2 aromatic carbocycles. The van der Waals surface area contributed by atoms with Crippen LogP contribution in [0.5, 0.6) is 0 Å². The Morgan fingerprint density at radius 1 is 1.11 bits per heavy atom. The molecule has 18 heavy (non-hydrogen) atoms. The van der Waals surface area contributed by atoms with Gasteiger partial charge in [0, 0.05) is 12.0 Å². The Balaban J connectivity index is 2.22. The van der Waals surface area contributed by atoms with E-state index in [-0.39, 0.29) is 5.41 Å². The molecule has 1 saturated carbocycles. The van der Waals surface area contributed by atoms with Crippen LogP contribution >= 0.6 is 0 Å². The lowest BCUT2D eigenvalue weighted by Crippen LogP contribution is -2.32. The molecule has 0 heterocycles. The maximum absolute atomic E-state index is 6.12. The van der Waals surface area contributed by atoms with Crippen molar-refractivity contribution >= 4 is 10.8 Å². The second-order valence-corrected chi connectivity index (χ2v) is 5.72. The average Bonchev–Trinajstić information content (AvgIpc) is 2.87. The summed E-state index contributed by atoms with van der Waals surface area (Å²) in [6.45, 7) is 2.93. The zero-order valence-electron chi connectivity index (χ0n) is 11.1. The third-order valence-electron chi connectivity index (χ3n) is 4.56. The summed E-state index contributed by atoms with van der Waals surface area (Å²) in [5.41, 5.74) is 9.15. The topological polar surface area (TPSA) is 26.0 Å². The largest absolute Gasteiger partial charge is 0.330 e. The molecule has 2 aromatic rings. The minimum atomic E-state index is 0.231. The Morgan fingerprint density at radius 2 is 1.89 bits per heavy atom. The number of fused-ring (bicyclic) bond motifs is 1. The Labute approximate surface area is 109 Å². The molecule has 0 aliphatic heterocycles. The SMILES string of the molecule is Cc1ccc2c(C3(CN)CCCC3)cccc2c1. The maximum atomic E-state index is 6.12. The summed E-state index contributed by atoms with van der Waals surface area (Å²) in [6, 6.07) is 13.5. The van der Waals surface area contributed by atoms with Crippen LogP contribution in [0.2, 0.25) is 0 Å². The molecular weight excluding hydrogens is 218 g/mol. The summed E-state index contributed by atoms with van der Waals surface area (Å²) in [6.07, 6.45) is 5.13. The van der Waals surface area contributed by atoms with E-state index in [1.807, 2.05) is 0 Å². The van der Waals surface area contributed by atoms with Crippen molar-refractivity contribution in [3.8, 4) is 0 Å². The molecule has 1 heteroatoms. The Morgan fingerprint density at radius 3 is 2.61 bits per heavy atom.